The van der Waals surface area contributed by atoms with Crippen LogP contribution >= 0.6 is 23.3 Å². The zero-order valence-electron chi connectivity index (χ0n) is 7.94. The minimum absolute atomic E-state index is 0.392. The topological polar surface area (TPSA) is 82.5 Å². The smallest absolute Gasteiger partial charge is 0.175 e. The lowest BCUT2D eigenvalue weighted by Gasteiger charge is -1.98. The monoisotopic (exact) mass is 250 g/mol. The van der Waals surface area contributed by atoms with Crippen molar-refractivity contribution in [2.24, 2.45) is 0 Å². The number of nitrogens with two attached hydrogens (primary N) is 1. The zero-order chi connectivity index (χ0) is 11.0. The molecular weight excluding hydrogens is 244 g/mol. The summed E-state index contributed by atoms with van der Waals surface area (Å²) in [4.78, 5) is 16.4. The van der Waals surface area contributed by atoms with Gasteiger partial charge in [-0.25, -0.2) is 23.9 Å². The molecule has 0 radical (unpaired) electrons. The van der Waals surface area contributed by atoms with E-state index < -0.39 is 0 Å². The van der Waals surface area contributed by atoms with E-state index in [0.717, 1.165) is 4.34 Å². The first-order valence-electron chi connectivity index (χ1n) is 4.36. The normalized spacial score (nSPS) is 11.0. The third-order valence-corrected chi connectivity index (χ3v) is 3.72. The number of imidazole rings is 1. The van der Waals surface area contributed by atoms with Crippen LogP contribution in [-0.2, 0) is 0 Å². The molecule has 6 nitrogen and oxygen atoms in total. The Balaban J connectivity index is 2.08. The zero-order valence-corrected chi connectivity index (χ0v) is 9.57. The molecule has 0 saturated carbocycles. The Hall–Kier alpha value is -1.67. The molecule has 0 amide bonds. The lowest BCUT2D eigenvalue weighted by molar-refractivity contribution is 1.16. The molecular formula is C8H6N6S2. The minimum atomic E-state index is 0.392. The molecule has 0 atom stereocenters. The molecule has 0 aromatic carbocycles. The highest BCUT2D eigenvalue weighted by molar-refractivity contribution is 7.99. The van der Waals surface area contributed by atoms with Crippen LogP contribution in [0.2, 0.25) is 0 Å². The Bertz CT molecular complexity index is 617. The van der Waals surface area contributed by atoms with E-state index in [1.807, 2.05) is 9.35 Å². The highest BCUT2D eigenvalue weighted by Gasteiger charge is 2.09. The molecule has 0 saturated heterocycles. The maximum Gasteiger partial charge on any atom is 0.175 e. The predicted molar refractivity (Wildman–Crippen MR) is 63.1 cm³/mol. The summed E-state index contributed by atoms with van der Waals surface area (Å²) in [5, 5.41) is 1.92. The largest absolute Gasteiger partial charge is 0.382 e. The van der Waals surface area contributed by atoms with E-state index in [2.05, 4.69) is 19.9 Å². The van der Waals surface area contributed by atoms with Crippen molar-refractivity contribution < 1.29 is 0 Å². The molecule has 0 aliphatic heterocycles. The van der Waals surface area contributed by atoms with Crippen molar-refractivity contribution in [2.75, 3.05) is 5.73 Å². The first-order chi connectivity index (χ1) is 7.84. The molecule has 8 heteroatoms. The fourth-order valence-electron chi connectivity index (χ4n) is 1.24. The van der Waals surface area contributed by atoms with Crippen LogP contribution in [-0.4, -0.2) is 23.9 Å². The molecule has 2 N–H and O–H groups in total. The fourth-order valence-corrected chi connectivity index (χ4v) is 2.77. The summed E-state index contributed by atoms with van der Waals surface area (Å²) in [5.41, 5.74) is 7.01. The highest BCUT2D eigenvalue weighted by Crippen LogP contribution is 2.26. The van der Waals surface area contributed by atoms with E-state index in [1.54, 1.807) is 23.9 Å². The molecule has 0 fully saturated rings. The first kappa shape index (κ1) is 9.55. The fraction of sp³-hybridized carbons (Fsp3) is 0. The van der Waals surface area contributed by atoms with Crippen molar-refractivity contribution in [1.29, 1.82) is 0 Å². The maximum absolute atomic E-state index is 5.69. The van der Waals surface area contributed by atoms with Crippen LogP contribution in [0.3, 0.4) is 0 Å². The van der Waals surface area contributed by atoms with E-state index in [9.17, 15) is 0 Å². The van der Waals surface area contributed by atoms with Crippen LogP contribution in [0.25, 0.3) is 11.2 Å². The summed E-state index contributed by atoms with van der Waals surface area (Å²) in [6.07, 6.45) is 4.86. The number of thiazole rings is 1. The second kappa shape index (κ2) is 3.72. The molecule has 3 heterocycles. The molecule has 0 aliphatic carbocycles. The molecule has 3 rings (SSSR count). The molecule has 0 bridgehead atoms. The summed E-state index contributed by atoms with van der Waals surface area (Å²) in [5.74, 6) is 0.392. The van der Waals surface area contributed by atoms with Crippen LogP contribution in [0.5, 0.6) is 0 Å². The molecule has 0 spiro atoms. The van der Waals surface area contributed by atoms with Crippen molar-refractivity contribution in [3.63, 3.8) is 0 Å². The van der Waals surface area contributed by atoms with Gasteiger partial charge in [-0.05, 0) is 0 Å². The van der Waals surface area contributed by atoms with Gasteiger partial charge >= 0.3 is 0 Å². The van der Waals surface area contributed by atoms with Crippen molar-refractivity contribution in [1.82, 2.24) is 23.9 Å². The number of hydrogen-bond acceptors (Lipinski definition) is 7. The van der Waals surface area contributed by atoms with Crippen LogP contribution in [0, 0.1) is 0 Å². The summed E-state index contributed by atoms with van der Waals surface area (Å²) < 4.78 is 2.75. The van der Waals surface area contributed by atoms with Crippen molar-refractivity contribution in [3.8, 4) is 0 Å². The third-order valence-electron chi connectivity index (χ3n) is 1.92. The van der Waals surface area contributed by atoms with Gasteiger partial charge in [-0.3, -0.25) is 0 Å². The first-order valence-corrected chi connectivity index (χ1v) is 6.01. The number of nitrogens with zero attached hydrogens (tertiary/aromatic N) is 5. The Morgan fingerprint density at radius 1 is 1.25 bits per heavy atom. The van der Waals surface area contributed by atoms with E-state index in [4.69, 9.17) is 5.73 Å². The summed E-state index contributed by atoms with van der Waals surface area (Å²) in [7, 11) is 0. The van der Waals surface area contributed by atoms with Gasteiger partial charge in [-0.2, -0.15) is 0 Å². The van der Waals surface area contributed by atoms with Crippen LogP contribution in [0.15, 0.2) is 28.6 Å². The van der Waals surface area contributed by atoms with Gasteiger partial charge in [0.1, 0.15) is 12.7 Å². The van der Waals surface area contributed by atoms with Gasteiger partial charge in [0.15, 0.2) is 21.3 Å². The highest BCUT2D eigenvalue weighted by atomic mass is 32.2. The van der Waals surface area contributed by atoms with Crippen molar-refractivity contribution >= 4 is 40.3 Å². The molecule has 0 unspecified atom stereocenters. The van der Waals surface area contributed by atoms with Crippen LogP contribution in [0.4, 0.5) is 5.82 Å². The quantitative estimate of drug-likeness (QED) is 0.740. The molecule has 80 valence electrons. The van der Waals surface area contributed by atoms with Gasteiger partial charge in [-0.15, -0.1) is 11.3 Å². The van der Waals surface area contributed by atoms with Crippen LogP contribution in [0.1, 0.15) is 0 Å². The van der Waals surface area contributed by atoms with E-state index in [-0.39, 0.29) is 0 Å². The SMILES string of the molecule is Nc1ncnc2c1ncn2Sc1nccs1. The molecule has 3 aromatic heterocycles. The average Bonchev–Trinajstić information content (AvgIpc) is 2.90. The number of nitrogen functional groups attached to an aromatic ring is 1. The molecule has 3 aromatic rings. The predicted octanol–water partition coefficient (Wildman–Crippen LogP) is 1.42. The van der Waals surface area contributed by atoms with Gasteiger partial charge in [0.25, 0.3) is 0 Å². The molecule has 16 heavy (non-hydrogen) atoms. The van der Waals surface area contributed by atoms with Gasteiger partial charge in [0.05, 0.1) is 0 Å². The number of fused-ring (bicyclic) bond motifs is 1. The second-order valence-corrected chi connectivity index (χ2v) is 5.01. The number of aromatic nitrogens is 5. The number of rotatable bonds is 2. The summed E-state index contributed by atoms with van der Waals surface area (Å²) in [6, 6.07) is 0. The Morgan fingerprint density at radius 2 is 2.19 bits per heavy atom. The van der Waals surface area contributed by atoms with Gasteiger partial charge in [0.2, 0.25) is 0 Å². The van der Waals surface area contributed by atoms with Crippen LogP contribution < -0.4 is 5.73 Å². The Kier molecular flexibility index (Phi) is 2.22. The van der Waals surface area contributed by atoms with E-state index in [1.165, 1.54) is 18.3 Å². The summed E-state index contributed by atoms with van der Waals surface area (Å²) >= 11 is 3.02. The second-order valence-electron chi connectivity index (χ2n) is 2.89. The van der Waals surface area contributed by atoms with Gasteiger partial charge < -0.3 is 5.73 Å². The average molecular weight is 250 g/mol. The maximum atomic E-state index is 5.69. The van der Waals surface area contributed by atoms with E-state index >= 15 is 0 Å². The lowest BCUT2D eigenvalue weighted by atomic mass is 10.5. The third kappa shape index (κ3) is 1.51. The standard InChI is InChI=1S/C8H6N6S2/c9-6-5-7(12-3-11-6)14(4-13-5)16-8-10-1-2-15-8/h1-4H,(H2,9,11,12). The number of anilines is 1. The minimum Gasteiger partial charge on any atom is -0.382 e. The lowest BCUT2D eigenvalue weighted by Crippen LogP contribution is -1.94. The Morgan fingerprint density at radius 3 is 3.00 bits per heavy atom. The number of hydrogen-bond donors (Lipinski definition) is 1. The van der Waals surface area contributed by atoms with Gasteiger partial charge in [0, 0.05) is 23.5 Å². The van der Waals surface area contributed by atoms with Gasteiger partial charge in [-0.1, -0.05) is 0 Å². The van der Waals surface area contributed by atoms with E-state index in [0.29, 0.717) is 17.0 Å². The van der Waals surface area contributed by atoms with Crippen molar-refractivity contribution in [3.05, 3.63) is 24.2 Å². The summed E-state index contributed by atoms with van der Waals surface area (Å²) in [6.45, 7) is 0. The molecule has 0 aliphatic rings. The van der Waals surface area contributed by atoms with Crippen molar-refractivity contribution in [2.45, 2.75) is 4.34 Å². The Labute approximate surface area is 98.7 Å².